The molecule has 0 saturated carbocycles. The van der Waals surface area contributed by atoms with Crippen molar-refractivity contribution in [3.05, 3.63) is 38.3 Å². The third-order valence-electron chi connectivity index (χ3n) is 3.42. The third kappa shape index (κ3) is 3.52. The van der Waals surface area contributed by atoms with Gasteiger partial charge in [-0.05, 0) is 33.8 Å². The molecule has 5 nitrogen and oxygen atoms in total. The number of hydrogen-bond donors (Lipinski definition) is 1. The number of halogens is 1. The second-order valence-electron chi connectivity index (χ2n) is 5.30. The molecule has 2 unspecified atom stereocenters. The van der Waals surface area contributed by atoms with Gasteiger partial charge in [-0.2, -0.15) is 0 Å². The van der Waals surface area contributed by atoms with Crippen molar-refractivity contribution < 1.29 is 4.92 Å². The van der Waals surface area contributed by atoms with E-state index in [1.165, 1.54) is 6.07 Å². The van der Waals surface area contributed by atoms with E-state index < -0.39 is 0 Å². The van der Waals surface area contributed by atoms with Crippen LogP contribution in [0, 0.1) is 16.0 Å². The molecular formula is C13H18BrN3O2. The Labute approximate surface area is 121 Å². The molecule has 19 heavy (non-hydrogen) atoms. The highest BCUT2D eigenvalue weighted by atomic mass is 79.9. The van der Waals surface area contributed by atoms with Crippen molar-refractivity contribution in [1.82, 2.24) is 4.90 Å². The zero-order valence-electron chi connectivity index (χ0n) is 10.9. The summed E-state index contributed by atoms with van der Waals surface area (Å²) in [6, 6.07) is 5.35. The molecule has 1 aromatic rings. The number of piperidine rings is 1. The van der Waals surface area contributed by atoms with Crippen LogP contribution in [0.15, 0.2) is 22.7 Å². The molecule has 0 aromatic heterocycles. The van der Waals surface area contributed by atoms with E-state index in [1.807, 2.05) is 6.07 Å². The topological polar surface area (TPSA) is 72.4 Å². The predicted molar refractivity (Wildman–Crippen MR) is 77.8 cm³/mol. The predicted octanol–water partition coefficient (Wildman–Crippen LogP) is 2.53. The van der Waals surface area contributed by atoms with Crippen LogP contribution < -0.4 is 5.73 Å². The van der Waals surface area contributed by atoms with Crippen molar-refractivity contribution in [2.75, 3.05) is 13.1 Å². The highest BCUT2D eigenvalue weighted by Gasteiger charge is 2.23. The van der Waals surface area contributed by atoms with E-state index in [4.69, 9.17) is 5.73 Å². The normalized spacial score (nSPS) is 24.4. The van der Waals surface area contributed by atoms with E-state index in [0.29, 0.717) is 16.9 Å². The zero-order chi connectivity index (χ0) is 14.0. The maximum Gasteiger partial charge on any atom is 0.283 e. The van der Waals surface area contributed by atoms with Gasteiger partial charge in [-0.1, -0.05) is 19.1 Å². The van der Waals surface area contributed by atoms with Gasteiger partial charge in [0.05, 0.1) is 9.40 Å². The minimum Gasteiger partial charge on any atom is -0.327 e. The van der Waals surface area contributed by atoms with Crippen LogP contribution in [-0.4, -0.2) is 29.0 Å². The highest BCUT2D eigenvalue weighted by Crippen LogP contribution is 2.30. The van der Waals surface area contributed by atoms with Gasteiger partial charge in [0.2, 0.25) is 0 Å². The van der Waals surface area contributed by atoms with Gasteiger partial charge >= 0.3 is 0 Å². The number of rotatable bonds is 3. The maximum absolute atomic E-state index is 10.9. The van der Waals surface area contributed by atoms with Gasteiger partial charge in [-0.3, -0.25) is 15.0 Å². The van der Waals surface area contributed by atoms with E-state index in [0.717, 1.165) is 25.1 Å². The monoisotopic (exact) mass is 327 g/mol. The molecule has 2 rings (SSSR count). The fourth-order valence-corrected chi connectivity index (χ4v) is 3.25. The standard InChI is InChI=1S/C13H18BrN3O2/c1-9-5-11(15)8-16(6-9)7-10-3-2-4-12(13(10)14)17(18)19/h2-4,9,11H,5-8,15H2,1H3. The van der Waals surface area contributed by atoms with Crippen LogP contribution in [-0.2, 0) is 6.54 Å². The summed E-state index contributed by atoms with van der Waals surface area (Å²) in [7, 11) is 0. The minimum atomic E-state index is -0.363. The fourth-order valence-electron chi connectivity index (χ4n) is 2.71. The van der Waals surface area contributed by atoms with Crippen LogP contribution in [0.2, 0.25) is 0 Å². The molecule has 0 aliphatic carbocycles. The van der Waals surface area contributed by atoms with E-state index in [-0.39, 0.29) is 16.7 Å². The smallest absolute Gasteiger partial charge is 0.283 e. The Morgan fingerprint density at radius 2 is 2.26 bits per heavy atom. The lowest BCUT2D eigenvalue weighted by molar-refractivity contribution is -0.385. The van der Waals surface area contributed by atoms with Gasteiger partial charge in [0.15, 0.2) is 0 Å². The molecule has 0 bridgehead atoms. The van der Waals surface area contributed by atoms with Crippen molar-refractivity contribution in [2.45, 2.75) is 25.9 Å². The molecule has 0 radical (unpaired) electrons. The van der Waals surface area contributed by atoms with Crippen LogP contribution in [0.1, 0.15) is 18.9 Å². The summed E-state index contributed by atoms with van der Waals surface area (Å²) in [6.07, 6.45) is 1.05. The highest BCUT2D eigenvalue weighted by molar-refractivity contribution is 9.10. The molecule has 104 valence electrons. The van der Waals surface area contributed by atoms with E-state index >= 15 is 0 Å². The number of nitro groups is 1. The zero-order valence-corrected chi connectivity index (χ0v) is 12.5. The molecule has 2 atom stereocenters. The van der Waals surface area contributed by atoms with Crippen molar-refractivity contribution in [2.24, 2.45) is 11.7 Å². The number of nitrogens with zero attached hydrogens (tertiary/aromatic N) is 2. The molecule has 0 spiro atoms. The van der Waals surface area contributed by atoms with Crippen LogP contribution in [0.4, 0.5) is 5.69 Å². The van der Waals surface area contributed by atoms with E-state index in [9.17, 15) is 10.1 Å². The summed E-state index contributed by atoms with van der Waals surface area (Å²) in [5, 5.41) is 10.9. The lowest BCUT2D eigenvalue weighted by Crippen LogP contribution is -2.45. The molecule has 1 aromatic carbocycles. The first-order valence-corrected chi connectivity index (χ1v) is 7.16. The van der Waals surface area contributed by atoms with Crippen LogP contribution in [0.5, 0.6) is 0 Å². The molecule has 6 heteroatoms. The van der Waals surface area contributed by atoms with Crippen LogP contribution in [0.25, 0.3) is 0 Å². The SMILES string of the molecule is CC1CC(N)CN(Cc2cccc([N+](=O)[O-])c2Br)C1. The molecule has 2 N–H and O–H groups in total. The van der Waals surface area contributed by atoms with Crippen molar-refractivity contribution in [3.63, 3.8) is 0 Å². The average Bonchev–Trinajstić information content (AvgIpc) is 2.30. The number of nitro benzene ring substituents is 1. The molecule has 1 aliphatic heterocycles. The van der Waals surface area contributed by atoms with Gasteiger partial charge in [0.1, 0.15) is 0 Å². The maximum atomic E-state index is 10.9. The Balaban J connectivity index is 2.15. The number of nitrogens with two attached hydrogens (primary N) is 1. The second kappa shape index (κ2) is 5.98. The number of likely N-dealkylation sites (tertiary alicyclic amines) is 1. The molecule has 1 fully saturated rings. The third-order valence-corrected chi connectivity index (χ3v) is 4.33. The fraction of sp³-hybridized carbons (Fsp3) is 0.538. The van der Waals surface area contributed by atoms with Gasteiger partial charge in [-0.15, -0.1) is 0 Å². The number of benzene rings is 1. The van der Waals surface area contributed by atoms with Gasteiger partial charge in [0.25, 0.3) is 5.69 Å². The van der Waals surface area contributed by atoms with Crippen molar-refractivity contribution in [1.29, 1.82) is 0 Å². The van der Waals surface area contributed by atoms with Crippen LogP contribution >= 0.6 is 15.9 Å². The first kappa shape index (κ1) is 14.4. The minimum absolute atomic E-state index is 0.117. The first-order valence-electron chi connectivity index (χ1n) is 6.37. The Morgan fingerprint density at radius 1 is 1.53 bits per heavy atom. The average molecular weight is 328 g/mol. The second-order valence-corrected chi connectivity index (χ2v) is 6.10. The van der Waals surface area contributed by atoms with E-state index in [2.05, 4.69) is 27.8 Å². The molecular weight excluding hydrogens is 310 g/mol. The van der Waals surface area contributed by atoms with Crippen molar-refractivity contribution in [3.8, 4) is 0 Å². The van der Waals surface area contributed by atoms with E-state index in [1.54, 1.807) is 6.07 Å². The quantitative estimate of drug-likeness (QED) is 0.684. The Morgan fingerprint density at radius 3 is 2.89 bits per heavy atom. The first-order chi connectivity index (χ1) is 8.97. The summed E-state index contributed by atoms with van der Waals surface area (Å²) >= 11 is 3.34. The Hall–Kier alpha value is -0.980. The molecule has 1 saturated heterocycles. The molecule has 0 amide bonds. The summed E-state index contributed by atoms with van der Waals surface area (Å²) in [4.78, 5) is 12.8. The summed E-state index contributed by atoms with van der Waals surface area (Å²) in [5.74, 6) is 0.571. The van der Waals surface area contributed by atoms with Gasteiger partial charge in [0, 0.05) is 31.7 Å². The Kier molecular flexibility index (Phi) is 4.54. The summed E-state index contributed by atoms with van der Waals surface area (Å²) in [6.45, 7) is 4.72. The van der Waals surface area contributed by atoms with Gasteiger partial charge in [-0.25, -0.2) is 0 Å². The lowest BCUT2D eigenvalue weighted by atomic mass is 9.96. The summed E-state index contributed by atoms with van der Waals surface area (Å²) in [5.41, 5.74) is 7.08. The van der Waals surface area contributed by atoms with Crippen molar-refractivity contribution >= 4 is 21.6 Å². The lowest BCUT2D eigenvalue weighted by Gasteiger charge is -2.34. The number of hydrogen-bond acceptors (Lipinski definition) is 4. The summed E-state index contributed by atoms with van der Waals surface area (Å²) < 4.78 is 0.576. The molecule has 1 heterocycles. The van der Waals surface area contributed by atoms with Gasteiger partial charge < -0.3 is 5.73 Å². The van der Waals surface area contributed by atoms with Crippen LogP contribution in [0.3, 0.4) is 0 Å². The molecule has 1 aliphatic rings. The Bertz CT molecular complexity index is 471. The largest absolute Gasteiger partial charge is 0.327 e.